The number of fused-ring (bicyclic) bond motifs is 1. The fourth-order valence-corrected chi connectivity index (χ4v) is 5.46. The van der Waals surface area contributed by atoms with Crippen LogP contribution in [-0.2, 0) is 21.9 Å². The molecule has 1 aliphatic heterocycles. The van der Waals surface area contributed by atoms with Crippen LogP contribution in [0.25, 0.3) is 0 Å². The van der Waals surface area contributed by atoms with E-state index in [0.717, 1.165) is 16.7 Å². The predicted molar refractivity (Wildman–Crippen MR) is 151 cm³/mol. The van der Waals surface area contributed by atoms with Crippen molar-refractivity contribution in [3.8, 4) is 11.5 Å². The summed E-state index contributed by atoms with van der Waals surface area (Å²) in [6.07, 6.45) is 0. The zero-order chi connectivity index (χ0) is 27.4. The summed E-state index contributed by atoms with van der Waals surface area (Å²) in [6, 6.07) is 22.2. The molecule has 0 spiro atoms. The number of nitrogens with zero attached hydrogens (tertiary/aromatic N) is 3. The van der Waals surface area contributed by atoms with Crippen LogP contribution < -0.4 is 14.8 Å². The Morgan fingerprint density at radius 3 is 2.51 bits per heavy atom. The van der Waals surface area contributed by atoms with Crippen LogP contribution >= 0.6 is 23.4 Å². The lowest BCUT2D eigenvalue weighted by atomic mass is 9.95. The van der Waals surface area contributed by atoms with Crippen LogP contribution in [0, 0.1) is 0 Å². The average molecular weight is 563 g/mol. The van der Waals surface area contributed by atoms with E-state index in [1.807, 2.05) is 79.7 Å². The maximum atomic E-state index is 13.6. The van der Waals surface area contributed by atoms with Gasteiger partial charge in [0.05, 0.1) is 19.8 Å². The second-order valence-electron chi connectivity index (χ2n) is 8.79. The lowest BCUT2D eigenvalue weighted by Gasteiger charge is -2.28. The van der Waals surface area contributed by atoms with E-state index in [1.54, 1.807) is 18.9 Å². The molecule has 1 aliphatic rings. The number of allylic oxidation sites excluding steroid dienone is 1. The molecule has 3 aromatic carbocycles. The maximum absolute atomic E-state index is 13.6. The minimum Gasteiger partial charge on any atom is -0.493 e. The summed E-state index contributed by atoms with van der Waals surface area (Å²) < 4.78 is 18.4. The van der Waals surface area contributed by atoms with Crippen molar-refractivity contribution in [2.24, 2.45) is 0 Å². The minimum absolute atomic E-state index is 0.151. The van der Waals surface area contributed by atoms with Crippen molar-refractivity contribution in [2.75, 3.05) is 19.5 Å². The Kier molecular flexibility index (Phi) is 8.09. The maximum Gasteiger partial charge on any atom is 0.338 e. The van der Waals surface area contributed by atoms with Crippen molar-refractivity contribution in [1.29, 1.82) is 0 Å². The van der Waals surface area contributed by atoms with E-state index in [9.17, 15) is 4.79 Å². The molecule has 0 saturated carbocycles. The number of thioether (sulfide) groups is 1. The third kappa shape index (κ3) is 5.74. The Bertz CT molecular complexity index is 1520. The van der Waals surface area contributed by atoms with Crippen LogP contribution in [0.15, 0.2) is 89.2 Å². The van der Waals surface area contributed by atoms with Crippen LogP contribution in [0.5, 0.6) is 11.5 Å². The van der Waals surface area contributed by atoms with Crippen LogP contribution in [0.3, 0.4) is 0 Å². The molecule has 8 nitrogen and oxygen atoms in total. The number of rotatable bonds is 9. The molecule has 0 bridgehead atoms. The number of nitrogens with one attached hydrogen (secondary N) is 1. The van der Waals surface area contributed by atoms with Gasteiger partial charge in [-0.2, -0.15) is 4.98 Å². The molecule has 2 heterocycles. The third-order valence-electron chi connectivity index (χ3n) is 6.30. The first-order valence-corrected chi connectivity index (χ1v) is 13.6. The Labute approximate surface area is 235 Å². The molecule has 1 atom stereocenters. The molecule has 0 amide bonds. The summed E-state index contributed by atoms with van der Waals surface area (Å²) >= 11 is 7.81. The number of benzene rings is 3. The van der Waals surface area contributed by atoms with Gasteiger partial charge in [-0.1, -0.05) is 78.0 Å². The molecule has 1 unspecified atom stereocenters. The highest BCUT2D eigenvalue weighted by Crippen LogP contribution is 2.40. The number of halogens is 1. The van der Waals surface area contributed by atoms with Gasteiger partial charge >= 0.3 is 5.97 Å². The smallest absolute Gasteiger partial charge is 0.338 e. The fourth-order valence-electron chi connectivity index (χ4n) is 4.35. The molecule has 5 rings (SSSR count). The van der Waals surface area contributed by atoms with Gasteiger partial charge in [-0.15, -0.1) is 5.10 Å². The second kappa shape index (κ2) is 11.8. The summed E-state index contributed by atoms with van der Waals surface area (Å²) in [6.45, 7) is 1.99. The Balaban J connectivity index is 1.50. The lowest BCUT2D eigenvalue weighted by molar-refractivity contribution is -0.140. The molecular weight excluding hydrogens is 536 g/mol. The van der Waals surface area contributed by atoms with Gasteiger partial charge in [-0.3, -0.25) is 0 Å². The van der Waals surface area contributed by atoms with E-state index in [-0.39, 0.29) is 6.61 Å². The molecule has 0 fully saturated rings. The van der Waals surface area contributed by atoms with E-state index in [1.165, 1.54) is 11.8 Å². The topological polar surface area (TPSA) is 87.5 Å². The number of carbonyl (C=O) groups excluding carboxylic acids is 1. The van der Waals surface area contributed by atoms with E-state index in [4.69, 9.17) is 35.9 Å². The Morgan fingerprint density at radius 1 is 1.03 bits per heavy atom. The van der Waals surface area contributed by atoms with Crippen LogP contribution in [-0.4, -0.2) is 35.0 Å². The largest absolute Gasteiger partial charge is 0.493 e. The molecule has 39 heavy (non-hydrogen) atoms. The normalized spacial score (nSPS) is 14.4. The number of anilines is 1. The van der Waals surface area contributed by atoms with Gasteiger partial charge in [-0.05, 0) is 41.8 Å². The average Bonchev–Trinajstić information content (AvgIpc) is 3.37. The Hall–Kier alpha value is -3.95. The quantitative estimate of drug-likeness (QED) is 0.188. The van der Waals surface area contributed by atoms with Crippen molar-refractivity contribution in [3.63, 3.8) is 0 Å². The molecule has 1 aromatic heterocycles. The molecule has 0 saturated heterocycles. The van der Waals surface area contributed by atoms with E-state index in [2.05, 4.69) is 5.32 Å². The third-order valence-corrected chi connectivity index (χ3v) is 7.56. The molecular formula is C29H27ClN4O4S. The van der Waals surface area contributed by atoms with E-state index in [0.29, 0.717) is 44.6 Å². The number of hydrogen-bond acceptors (Lipinski definition) is 8. The summed E-state index contributed by atoms with van der Waals surface area (Å²) in [4.78, 5) is 18.3. The van der Waals surface area contributed by atoms with Gasteiger partial charge in [0.2, 0.25) is 11.1 Å². The predicted octanol–water partition coefficient (Wildman–Crippen LogP) is 6.27. The second-order valence-corrected chi connectivity index (χ2v) is 10.1. The van der Waals surface area contributed by atoms with Crippen molar-refractivity contribution >= 4 is 35.3 Å². The zero-order valence-electron chi connectivity index (χ0n) is 21.7. The van der Waals surface area contributed by atoms with Crippen molar-refractivity contribution < 1.29 is 19.0 Å². The van der Waals surface area contributed by atoms with Gasteiger partial charge in [0.25, 0.3) is 0 Å². The summed E-state index contributed by atoms with van der Waals surface area (Å²) in [5.41, 5.74) is 3.72. The van der Waals surface area contributed by atoms with Gasteiger partial charge in [0.15, 0.2) is 11.5 Å². The number of esters is 1. The highest BCUT2D eigenvalue weighted by atomic mass is 35.5. The summed E-state index contributed by atoms with van der Waals surface area (Å²) in [7, 11) is 3.15. The zero-order valence-corrected chi connectivity index (χ0v) is 23.3. The first-order valence-electron chi connectivity index (χ1n) is 12.2. The van der Waals surface area contributed by atoms with Crippen LogP contribution in [0.1, 0.15) is 29.7 Å². The van der Waals surface area contributed by atoms with Crippen LogP contribution in [0.4, 0.5) is 5.95 Å². The molecule has 0 radical (unpaired) electrons. The van der Waals surface area contributed by atoms with E-state index >= 15 is 0 Å². The molecule has 4 aromatic rings. The number of carbonyl (C=O) groups is 1. The minimum atomic E-state index is -0.605. The Morgan fingerprint density at radius 2 is 1.77 bits per heavy atom. The van der Waals surface area contributed by atoms with Gasteiger partial charge in [0.1, 0.15) is 12.6 Å². The highest BCUT2D eigenvalue weighted by molar-refractivity contribution is 7.98. The molecule has 1 N–H and O–H groups in total. The summed E-state index contributed by atoms with van der Waals surface area (Å²) in [5, 5.41) is 9.27. The van der Waals surface area contributed by atoms with Crippen LogP contribution in [0.2, 0.25) is 5.02 Å². The SMILES string of the molecule is COc1ccc(C2C(C(=O)OCc3ccccc3)=C(C)Nc3nc(SCc4ccccc4Cl)nn32)cc1OC. The molecule has 0 aliphatic carbocycles. The fraction of sp³-hybridized carbons (Fsp3) is 0.207. The van der Waals surface area contributed by atoms with Crippen molar-refractivity contribution in [1.82, 2.24) is 14.8 Å². The first-order chi connectivity index (χ1) is 19.0. The number of aromatic nitrogens is 3. The summed E-state index contributed by atoms with van der Waals surface area (Å²) in [5.74, 6) is 1.79. The molecule has 10 heteroatoms. The molecule has 200 valence electrons. The highest BCUT2D eigenvalue weighted by Gasteiger charge is 2.36. The van der Waals surface area contributed by atoms with Gasteiger partial charge in [-0.25, -0.2) is 9.48 Å². The van der Waals surface area contributed by atoms with E-state index < -0.39 is 12.0 Å². The van der Waals surface area contributed by atoms with Crippen molar-refractivity contribution in [2.45, 2.75) is 30.5 Å². The van der Waals surface area contributed by atoms with Crippen molar-refractivity contribution in [3.05, 3.63) is 106 Å². The monoisotopic (exact) mass is 562 g/mol. The number of methoxy groups -OCH3 is 2. The number of hydrogen-bond donors (Lipinski definition) is 1. The number of ether oxygens (including phenoxy) is 3. The first kappa shape index (κ1) is 26.6. The van der Waals surface area contributed by atoms with Gasteiger partial charge < -0.3 is 19.5 Å². The van der Waals surface area contributed by atoms with Gasteiger partial charge in [0, 0.05) is 16.5 Å². The lowest BCUT2D eigenvalue weighted by Crippen LogP contribution is -2.29. The standard InChI is InChI=1S/C29H27ClN4O4S/c1-18-25(27(35)38-16-19-9-5-4-6-10-19)26(20-13-14-23(36-2)24(15-20)37-3)34-28(31-18)32-29(33-34)39-17-21-11-7-8-12-22(21)30/h4-15,26H,16-17H2,1-3H3,(H,31,32,33).